The highest BCUT2D eigenvalue weighted by molar-refractivity contribution is 5.54. The van der Waals surface area contributed by atoms with Crippen molar-refractivity contribution in [3.05, 3.63) is 35.4 Å². The van der Waals surface area contributed by atoms with Gasteiger partial charge in [-0.2, -0.15) is 0 Å². The van der Waals surface area contributed by atoms with Crippen LogP contribution in [0.4, 0.5) is 0 Å². The second-order valence-corrected chi connectivity index (χ2v) is 4.84. The van der Waals surface area contributed by atoms with Gasteiger partial charge in [-0.1, -0.05) is 0 Å². The van der Waals surface area contributed by atoms with Gasteiger partial charge in [0.1, 0.15) is 5.75 Å². The van der Waals surface area contributed by atoms with E-state index < -0.39 is 0 Å². The molecule has 0 bridgehead atoms. The van der Waals surface area contributed by atoms with Crippen LogP contribution in [0.3, 0.4) is 0 Å². The Bertz CT molecular complexity index is 569. The van der Waals surface area contributed by atoms with Gasteiger partial charge in [-0.05, 0) is 49.9 Å². The lowest BCUT2D eigenvalue weighted by Gasteiger charge is -2.09. The van der Waals surface area contributed by atoms with Gasteiger partial charge in [0.05, 0.1) is 12.8 Å². The highest BCUT2D eigenvalue weighted by Gasteiger charge is 2.25. The number of rotatable bonds is 2. The van der Waals surface area contributed by atoms with E-state index in [1.165, 1.54) is 4.57 Å². The average molecular weight is 259 g/mol. The second kappa shape index (κ2) is 4.53. The zero-order valence-corrected chi connectivity index (χ0v) is 10.9. The van der Waals surface area contributed by atoms with Crippen molar-refractivity contribution in [2.75, 3.05) is 7.11 Å². The molecular weight excluding hydrogens is 242 g/mol. The molecule has 0 amide bonds. The fourth-order valence-electron chi connectivity index (χ4n) is 2.74. The monoisotopic (exact) mass is 259 g/mol. The first-order valence-corrected chi connectivity index (χ1v) is 6.51. The Balaban J connectivity index is 2.11. The first-order valence-electron chi connectivity index (χ1n) is 6.51. The molecule has 3 rings (SSSR count). The van der Waals surface area contributed by atoms with Crippen LogP contribution in [0.5, 0.6) is 17.5 Å². The Morgan fingerprint density at radius 2 is 1.47 bits per heavy atom. The molecule has 0 saturated carbocycles. The molecule has 1 heterocycles. The van der Waals surface area contributed by atoms with Gasteiger partial charge in [0.2, 0.25) is 11.8 Å². The van der Waals surface area contributed by atoms with Crippen molar-refractivity contribution in [2.24, 2.45) is 0 Å². The molecule has 0 spiro atoms. The van der Waals surface area contributed by atoms with Crippen LogP contribution >= 0.6 is 0 Å². The first kappa shape index (κ1) is 12.0. The largest absolute Gasteiger partial charge is 0.497 e. The smallest absolute Gasteiger partial charge is 0.202 e. The summed E-state index contributed by atoms with van der Waals surface area (Å²) in [7, 11) is 1.61. The zero-order chi connectivity index (χ0) is 13.4. The molecule has 4 heteroatoms. The van der Waals surface area contributed by atoms with E-state index in [0.717, 1.165) is 48.2 Å². The summed E-state index contributed by atoms with van der Waals surface area (Å²) >= 11 is 0. The summed E-state index contributed by atoms with van der Waals surface area (Å²) in [6.45, 7) is 0. The highest BCUT2D eigenvalue weighted by atomic mass is 16.5. The van der Waals surface area contributed by atoms with Crippen LogP contribution in [-0.2, 0) is 12.8 Å². The lowest BCUT2D eigenvalue weighted by Crippen LogP contribution is -1.98. The topological polar surface area (TPSA) is 54.6 Å². The summed E-state index contributed by atoms with van der Waals surface area (Å²) in [6, 6.07) is 7.27. The van der Waals surface area contributed by atoms with Crippen molar-refractivity contribution in [3.63, 3.8) is 0 Å². The Labute approximate surface area is 111 Å². The van der Waals surface area contributed by atoms with Crippen molar-refractivity contribution in [2.45, 2.75) is 25.7 Å². The standard InChI is InChI=1S/C15H17NO3/c1-19-11-8-6-10(7-9-11)16-14(17)12-4-2-3-5-13(12)15(16)18/h6-9,17-18H,2-5H2,1H3. The molecular formula is C15H17NO3. The van der Waals surface area contributed by atoms with Crippen molar-refractivity contribution in [3.8, 4) is 23.2 Å². The van der Waals surface area contributed by atoms with Crippen LogP contribution < -0.4 is 4.74 Å². The van der Waals surface area contributed by atoms with Gasteiger partial charge in [0.25, 0.3) is 0 Å². The Kier molecular flexibility index (Phi) is 2.85. The third kappa shape index (κ3) is 1.84. The van der Waals surface area contributed by atoms with E-state index in [9.17, 15) is 10.2 Å². The molecule has 1 aromatic carbocycles. The highest BCUT2D eigenvalue weighted by Crippen LogP contribution is 2.40. The molecule has 4 nitrogen and oxygen atoms in total. The normalized spacial score (nSPS) is 14.2. The molecule has 1 aliphatic rings. The molecule has 100 valence electrons. The minimum atomic E-state index is 0.164. The molecule has 1 aromatic heterocycles. The molecule has 0 unspecified atom stereocenters. The van der Waals surface area contributed by atoms with Crippen LogP contribution in [0, 0.1) is 0 Å². The Morgan fingerprint density at radius 3 is 1.95 bits per heavy atom. The molecule has 0 aliphatic heterocycles. The van der Waals surface area contributed by atoms with Crippen LogP contribution in [0.25, 0.3) is 5.69 Å². The number of hydrogen-bond donors (Lipinski definition) is 2. The number of nitrogens with zero attached hydrogens (tertiary/aromatic N) is 1. The van der Waals surface area contributed by atoms with Gasteiger partial charge in [0, 0.05) is 11.1 Å². The quantitative estimate of drug-likeness (QED) is 0.872. The van der Waals surface area contributed by atoms with Crippen LogP contribution in [-0.4, -0.2) is 21.9 Å². The number of methoxy groups -OCH3 is 1. The van der Waals surface area contributed by atoms with Crippen molar-refractivity contribution < 1.29 is 14.9 Å². The molecule has 2 aromatic rings. The summed E-state index contributed by atoms with van der Waals surface area (Å²) in [5.74, 6) is 1.08. The second-order valence-electron chi connectivity index (χ2n) is 4.84. The Hall–Kier alpha value is -2.10. The fraction of sp³-hybridized carbons (Fsp3) is 0.333. The lowest BCUT2D eigenvalue weighted by molar-refractivity contribution is 0.398. The molecule has 0 atom stereocenters. The first-order chi connectivity index (χ1) is 9.22. The number of hydrogen-bond acceptors (Lipinski definition) is 3. The van der Waals surface area contributed by atoms with Crippen LogP contribution in [0.1, 0.15) is 24.0 Å². The molecule has 19 heavy (non-hydrogen) atoms. The summed E-state index contributed by atoms with van der Waals surface area (Å²) in [6.07, 6.45) is 3.79. The predicted molar refractivity (Wildman–Crippen MR) is 72.3 cm³/mol. The summed E-state index contributed by atoms with van der Waals surface area (Å²) in [5, 5.41) is 20.6. The lowest BCUT2D eigenvalue weighted by atomic mass is 9.95. The van der Waals surface area contributed by atoms with Gasteiger partial charge >= 0.3 is 0 Å². The van der Waals surface area contributed by atoms with Gasteiger partial charge in [0.15, 0.2) is 0 Å². The predicted octanol–water partition coefficient (Wildman–Crippen LogP) is 2.78. The SMILES string of the molecule is COc1ccc(-n2c(O)c3c(c2O)CCCC3)cc1. The van der Waals surface area contributed by atoms with Gasteiger partial charge in [-0.15, -0.1) is 0 Å². The number of aromatic nitrogens is 1. The minimum absolute atomic E-state index is 0.164. The molecule has 0 fully saturated rings. The maximum absolute atomic E-state index is 10.3. The van der Waals surface area contributed by atoms with E-state index in [1.807, 2.05) is 24.3 Å². The van der Waals surface area contributed by atoms with E-state index >= 15 is 0 Å². The van der Waals surface area contributed by atoms with Crippen LogP contribution in [0.15, 0.2) is 24.3 Å². The number of fused-ring (bicyclic) bond motifs is 1. The molecule has 1 aliphatic carbocycles. The van der Waals surface area contributed by atoms with E-state index in [-0.39, 0.29) is 11.8 Å². The minimum Gasteiger partial charge on any atom is -0.497 e. The van der Waals surface area contributed by atoms with E-state index in [4.69, 9.17) is 4.74 Å². The van der Waals surface area contributed by atoms with E-state index in [2.05, 4.69) is 0 Å². The third-order valence-corrected chi connectivity index (χ3v) is 3.76. The number of benzene rings is 1. The Morgan fingerprint density at radius 1 is 0.947 bits per heavy atom. The summed E-state index contributed by atoms with van der Waals surface area (Å²) < 4.78 is 6.62. The molecule has 0 saturated heterocycles. The third-order valence-electron chi connectivity index (χ3n) is 3.76. The van der Waals surface area contributed by atoms with Crippen molar-refractivity contribution in [1.82, 2.24) is 4.57 Å². The fourth-order valence-corrected chi connectivity index (χ4v) is 2.74. The molecule has 0 radical (unpaired) electrons. The molecule has 2 N–H and O–H groups in total. The van der Waals surface area contributed by atoms with Crippen molar-refractivity contribution in [1.29, 1.82) is 0 Å². The van der Waals surface area contributed by atoms with E-state index in [0.29, 0.717) is 0 Å². The summed E-state index contributed by atoms with van der Waals surface area (Å²) in [5.41, 5.74) is 2.52. The summed E-state index contributed by atoms with van der Waals surface area (Å²) in [4.78, 5) is 0. The average Bonchev–Trinajstić information content (AvgIpc) is 2.72. The van der Waals surface area contributed by atoms with Crippen LogP contribution in [0.2, 0.25) is 0 Å². The van der Waals surface area contributed by atoms with E-state index in [1.54, 1.807) is 7.11 Å². The maximum Gasteiger partial charge on any atom is 0.202 e. The zero-order valence-electron chi connectivity index (χ0n) is 10.9. The van der Waals surface area contributed by atoms with Gasteiger partial charge < -0.3 is 14.9 Å². The number of aromatic hydroxyl groups is 2. The number of ether oxygens (including phenoxy) is 1. The van der Waals surface area contributed by atoms with Gasteiger partial charge in [-0.25, -0.2) is 0 Å². The maximum atomic E-state index is 10.3. The van der Waals surface area contributed by atoms with Gasteiger partial charge in [-0.3, -0.25) is 4.57 Å². The van der Waals surface area contributed by atoms with Crippen molar-refractivity contribution >= 4 is 0 Å².